The standard InChI is InChI=1S/C10H18NO2/c1-4-6-11(3)10(2)5-8-13-9-7-12/h1,10,12H,3,5-9H2,2H3/q+1. The summed E-state index contributed by atoms with van der Waals surface area (Å²) in [6.07, 6.45) is 6.03. The fourth-order valence-electron chi connectivity index (χ4n) is 0.876. The number of hydrogen-bond donors (Lipinski definition) is 1. The van der Waals surface area contributed by atoms with Crippen LogP contribution in [0.3, 0.4) is 0 Å². The first-order chi connectivity index (χ1) is 6.22. The molecule has 0 spiro atoms. The summed E-state index contributed by atoms with van der Waals surface area (Å²) in [5.41, 5.74) is 0. The molecule has 0 aromatic rings. The van der Waals surface area contributed by atoms with Gasteiger partial charge in [-0.3, -0.25) is 0 Å². The maximum Gasteiger partial charge on any atom is 0.202 e. The van der Waals surface area contributed by atoms with Crippen LogP contribution in [0.4, 0.5) is 0 Å². The lowest BCUT2D eigenvalue weighted by Crippen LogP contribution is -2.24. The van der Waals surface area contributed by atoms with Gasteiger partial charge in [-0.25, -0.2) is 4.58 Å². The number of nitrogens with zero attached hydrogens (tertiary/aromatic N) is 1. The van der Waals surface area contributed by atoms with Crippen molar-refractivity contribution in [3.8, 4) is 12.3 Å². The van der Waals surface area contributed by atoms with Crippen molar-refractivity contribution in [2.24, 2.45) is 0 Å². The van der Waals surface area contributed by atoms with E-state index in [1.165, 1.54) is 0 Å². The van der Waals surface area contributed by atoms with Gasteiger partial charge in [-0.15, -0.1) is 6.42 Å². The average Bonchev–Trinajstić information content (AvgIpc) is 2.12. The number of rotatable bonds is 7. The summed E-state index contributed by atoms with van der Waals surface area (Å²) in [7, 11) is 0. The minimum Gasteiger partial charge on any atom is -0.394 e. The van der Waals surface area contributed by atoms with Crippen LogP contribution in [-0.4, -0.2) is 48.8 Å². The van der Waals surface area contributed by atoms with Gasteiger partial charge in [-0.05, 0) is 12.8 Å². The van der Waals surface area contributed by atoms with Crippen LogP contribution in [0.15, 0.2) is 0 Å². The lowest BCUT2D eigenvalue weighted by atomic mass is 10.2. The van der Waals surface area contributed by atoms with Gasteiger partial charge in [0, 0.05) is 6.42 Å². The molecule has 0 aliphatic rings. The van der Waals surface area contributed by atoms with E-state index in [4.69, 9.17) is 16.3 Å². The maximum absolute atomic E-state index is 8.45. The molecule has 0 aliphatic carbocycles. The van der Waals surface area contributed by atoms with Crippen molar-refractivity contribution >= 4 is 6.72 Å². The van der Waals surface area contributed by atoms with Gasteiger partial charge in [-0.2, -0.15) is 0 Å². The number of aliphatic hydroxyl groups excluding tert-OH is 1. The zero-order valence-electron chi connectivity index (χ0n) is 8.20. The van der Waals surface area contributed by atoms with E-state index in [-0.39, 0.29) is 6.61 Å². The first kappa shape index (κ1) is 12.2. The molecule has 0 saturated heterocycles. The van der Waals surface area contributed by atoms with Crippen molar-refractivity contribution in [1.29, 1.82) is 0 Å². The van der Waals surface area contributed by atoms with Crippen molar-refractivity contribution in [2.75, 3.05) is 26.4 Å². The molecule has 13 heavy (non-hydrogen) atoms. The Morgan fingerprint density at radius 3 is 2.85 bits per heavy atom. The Morgan fingerprint density at radius 2 is 2.31 bits per heavy atom. The van der Waals surface area contributed by atoms with Crippen LogP contribution >= 0.6 is 0 Å². The smallest absolute Gasteiger partial charge is 0.202 e. The van der Waals surface area contributed by atoms with E-state index in [0.717, 1.165) is 6.42 Å². The molecule has 0 heterocycles. The second-order valence-corrected chi connectivity index (χ2v) is 2.92. The van der Waals surface area contributed by atoms with E-state index < -0.39 is 0 Å². The molecule has 0 fully saturated rings. The Hall–Kier alpha value is -0.850. The first-order valence-corrected chi connectivity index (χ1v) is 4.41. The minimum absolute atomic E-state index is 0.0762. The topological polar surface area (TPSA) is 32.5 Å². The molecule has 0 rings (SSSR count). The van der Waals surface area contributed by atoms with E-state index >= 15 is 0 Å². The van der Waals surface area contributed by atoms with E-state index in [1.807, 2.05) is 11.5 Å². The molecule has 3 nitrogen and oxygen atoms in total. The third-order valence-corrected chi connectivity index (χ3v) is 1.83. The molecule has 0 aromatic carbocycles. The summed E-state index contributed by atoms with van der Waals surface area (Å²) in [6, 6.07) is 0.315. The maximum atomic E-state index is 8.45. The number of hydrogen-bond acceptors (Lipinski definition) is 2. The highest BCUT2D eigenvalue weighted by molar-refractivity contribution is 5.15. The summed E-state index contributed by atoms with van der Waals surface area (Å²) in [5.74, 6) is 2.53. The largest absolute Gasteiger partial charge is 0.394 e. The monoisotopic (exact) mass is 184 g/mol. The van der Waals surface area contributed by atoms with Crippen LogP contribution in [0.2, 0.25) is 0 Å². The van der Waals surface area contributed by atoms with Crippen molar-refractivity contribution in [3.05, 3.63) is 0 Å². The van der Waals surface area contributed by atoms with Gasteiger partial charge in [0.05, 0.1) is 19.8 Å². The molecule has 1 unspecified atom stereocenters. The highest BCUT2D eigenvalue weighted by atomic mass is 16.5. The second kappa shape index (κ2) is 7.78. The molecule has 0 radical (unpaired) electrons. The van der Waals surface area contributed by atoms with E-state index in [2.05, 4.69) is 12.6 Å². The molecule has 1 atom stereocenters. The number of aliphatic hydroxyl groups is 1. The molecule has 74 valence electrons. The summed E-state index contributed by atoms with van der Waals surface area (Å²) in [6.45, 7) is 7.53. The third kappa shape index (κ3) is 6.32. The van der Waals surface area contributed by atoms with Crippen molar-refractivity contribution in [1.82, 2.24) is 0 Å². The van der Waals surface area contributed by atoms with Gasteiger partial charge in [0.25, 0.3) is 0 Å². The molecule has 0 aliphatic heterocycles. The molecule has 0 amide bonds. The normalized spacial score (nSPS) is 12.1. The van der Waals surface area contributed by atoms with Gasteiger partial charge in [0.15, 0.2) is 6.04 Å². The summed E-state index contributed by atoms with van der Waals surface area (Å²) < 4.78 is 6.98. The van der Waals surface area contributed by atoms with Gasteiger partial charge in [0.1, 0.15) is 6.72 Å². The van der Waals surface area contributed by atoms with Crippen LogP contribution in [0.1, 0.15) is 13.3 Å². The van der Waals surface area contributed by atoms with Gasteiger partial charge in [0.2, 0.25) is 6.54 Å². The second-order valence-electron chi connectivity index (χ2n) is 2.92. The highest BCUT2D eigenvalue weighted by Gasteiger charge is 2.10. The van der Waals surface area contributed by atoms with Crippen molar-refractivity contribution in [2.45, 2.75) is 19.4 Å². The van der Waals surface area contributed by atoms with Crippen LogP contribution < -0.4 is 0 Å². The predicted molar refractivity (Wildman–Crippen MR) is 53.1 cm³/mol. The quantitative estimate of drug-likeness (QED) is 0.264. The zero-order chi connectivity index (χ0) is 10.1. The Kier molecular flexibility index (Phi) is 7.27. The Balaban J connectivity index is 3.45. The average molecular weight is 184 g/mol. The van der Waals surface area contributed by atoms with Crippen molar-refractivity contribution < 1.29 is 14.4 Å². The van der Waals surface area contributed by atoms with Crippen LogP contribution in [0.5, 0.6) is 0 Å². The van der Waals surface area contributed by atoms with Crippen molar-refractivity contribution in [3.63, 3.8) is 0 Å². The summed E-state index contributed by atoms with van der Waals surface area (Å²) in [4.78, 5) is 0. The lowest BCUT2D eigenvalue weighted by molar-refractivity contribution is -0.544. The SMILES string of the molecule is C#CC[N+](=C)C(C)CCOCCO. The van der Waals surface area contributed by atoms with E-state index in [9.17, 15) is 0 Å². The molecular formula is C10H18NO2+. The van der Waals surface area contributed by atoms with Crippen LogP contribution in [-0.2, 0) is 4.74 Å². The van der Waals surface area contributed by atoms with Gasteiger partial charge in [-0.1, -0.05) is 0 Å². The lowest BCUT2D eigenvalue weighted by Gasteiger charge is -2.08. The van der Waals surface area contributed by atoms with Gasteiger partial charge >= 0.3 is 0 Å². The van der Waals surface area contributed by atoms with Crippen LogP contribution in [0.25, 0.3) is 0 Å². The minimum atomic E-state index is 0.0762. The van der Waals surface area contributed by atoms with E-state index in [1.54, 1.807) is 0 Å². The third-order valence-electron chi connectivity index (χ3n) is 1.83. The Labute approximate surface area is 80.0 Å². The number of ether oxygens (including phenoxy) is 1. The summed E-state index contributed by atoms with van der Waals surface area (Å²) >= 11 is 0. The fraction of sp³-hybridized carbons (Fsp3) is 0.700. The van der Waals surface area contributed by atoms with E-state index in [0.29, 0.717) is 25.8 Å². The molecule has 0 aromatic heterocycles. The Morgan fingerprint density at radius 1 is 1.62 bits per heavy atom. The molecular weight excluding hydrogens is 166 g/mol. The molecule has 1 N–H and O–H groups in total. The molecule has 0 saturated carbocycles. The molecule has 3 heteroatoms. The zero-order valence-corrected chi connectivity index (χ0v) is 8.20. The number of terminal acetylenes is 1. The summed E-state index contributed by atoms with van der Waals surface area (Å²) in [5, 5.41) is 8.45. The Bertz CT molecular complexity index is 184. The van der Waals surface area contributed by atoms with Crippen LogP contribution in [0, 0.1) is 12.3 Å². The van der Waals surface area contributed by atoms with Gasteiger partial charge < -0.3 is 9.84 Å². The predicted octanol–water partition coefficient (Wildman–Crippen LogP) is 0.120. The first-order valence-electron chi connectivity index (χ1n) is 4.41. The highest BCUT2D eigenvalue weighted by Crippen LogP contribution is 1.96. The molecule has 0 bridgehead atoms. The fourth-order valence-corrected chi connectivity index (χ4v) is 0.876.